The average molecular weight is 405 g/mol. The van der Waals surface area contributed by atoms with Crippen molar-refractivity contribution in [2.75, 3.05) is 13.7 Å². The Bertz CT molecular complexity index is 972. The number of ether oxygens (including phenoxy) is 3. The standard InChI is InChI=1S/C25H27NO4/c1-4-29-24-14-13-20(25(27)26-18(2)19-9-6-5-7-10-19)15-21(24)17-30-23-12-8-11-22(16-23)28-3/h5-16,18H,4,17H2,1-3H3,(H,26,27)/t18-/m0/s1. The van der Waals surface area contributed by atoms with Gasteiger partial charge in [0.05, 0.1) is 19.8 Å². The maximum Gasteiger partial charge on any atom is 0.251 e. The van der Waals surface area contributed by atoms with Crippen LogP contribution in [0.25, 0.3) is 0 Å². The van der Waals surface area contributed by atoms with Gasteiger partial charge in [0.1, 0.15) is 23.9 Å². The molecule has 5 nitrogen and oxygen atoms in total. The molecule has 0 unspecified atom stereocenters. The van der Waals surface area contributed by atoms with E-state index in [-0.39, 0.29) is 18.6 Å². The zero-order chi connectivity index (χ0) is 21.3. The molecule has 30 heavy (non-hydrogen) atoms. The molecule has 0 spiro atoms. The van der Waals surface area contributed by atoms with Gasteiger partial charge in [-0.3, -0.25) is 4.79 Å². The lowest BCUT2D eigenvalue weighted by Gasteiger charge is -2.16. The number of carbonyl (C=O) groups is 1. The van der Waals surface area contributed by atoms with Crippen LogP contribution in [0.5, 0.6) is 17.2 Å². The van der Waals surface area contributed by atoms with E-state index in [0.717, 1.165) is 16.9 Å². The summed E-state index contributed by atoms with van der Waals surface area (Å²) in [7, 11) is 1.62. The molecule has 5 heteroatoms. The van der Waals surface area contributed by atoms with E-state index in [1.54, 1.807) is 13.2 Å². The smallest absolute Gasteiger partial charge is 0.251 e. The number of hydrogen-bond donors (Lipinski definition) is 1. The van der Waals surface area contributed by atoms with E-state index >= 15 is 0 Å². The van der Waals surface area contributed by atoms with Gasteiger partial charge in [0.2, 0.25) is 0 Å². The van der Waals surface area contributed by atoms with Crippen LogP contribution in [0.1, 0.15) is 41.4 Å². The molecule has 0 saturated carbocycles. The molecule has 0 aliphatic rings. The highest BCUT2D eigenvalue weighted by Crippen LogP contribution is 2.25. The third kappa shape index (κ3) is 5.54. The zero-order valence-electron chi connectivity index (χ0n) is 17.6. The van der Waals surface area contributed by atoms with Crippen LogP contribution in [0.4, 0.5) is 0 Å². The summed E-state index contributed by atoms with van der Waals surface area (Å²) in [5.41, 5.74) is 2.42. The highest BCUT2D eigenvalue weighted by atomic mass is 16.5. The van der Waals surface area contributed by atoms with Gasteiger partial charge < -0.3 is 19.5 Å². The van der Waals surface area contributed by atoms with E-state index in [2.05, 4.69) is 5.32 Å². The average Bonchev–Trinajstić information content (AvgIpc) is 2.79. The quantitative estimate of drug-likeness (QED) is 0.534. The second-order valence-corrected chi connectivity index (χ2v) is 6.83. The number of benzene rings is 3. The Balaban J connectivity index is 1.75. The van der Waals surface area contributed by atoms with Gasteiger partial charge in [-0.25, -0.2) is 0 Å². The fourth-order valence-corrected chi connectivity index (χ4v) is 3.09. The molecule has 0 radical (unpaired) electrons. The number of hydrogen-bond acceptors (Lipinski definition) is 4. The lowest BCUT2D eigenvalue weighted by molar-refractivity contribution is 0.0939. The highest BCUT2D eigenvalue weighted by molar-refractivity contribution is 5.94. The van der Waals surface area contributed by atoms with Crippen LogP contribution in [0.2, 0.25) is 0 Å². The van der Waals surface area contributed by atoms with Crippen molar-refractivity contribution in [2.24, 2.45) is 0 Å². The summed E-state index contributed by atoms with van der Waals surface area (Å²) in [6.45, 7) is 4.70. The maximum absolute atomic E-state index is 12.8. The molecule has 0 fully saturated rings. The molecule has 0 aromatic heterocycles. The summed E-state index contributed by atoms with van der Waals surface area (Å²) in [6.07, 6.45) is 0. The summed E-state index contributed by atoms with van der Waals surface area (Å²) in [6, 6.07) is 22.6. The Morgan fingerprint density at radius 2 is 1.70 bits per heavy atom. The first-order valence-corrected chi connectivity index (χ1v) is 9.99. The largest absolute Gasteiger partial charge is 0.497 e. The van der Waals surface area contributed by atoms with Gasteiger partial charge in [-0.2, -0.15) is 0 Å². The van der Waals surface area contributed by atoms with Gasteiger partial charge in [0.15, 0.2) is 0 Å². The predicted molar refractivity (Wildman–Crippen MR) is 117 cm³/mol. The third-order valence-electron chi connectivity index (χ3n) is 4.71. The fraction of sp³-hybridized carbons (Fsp3) is 0.240. The molecule has 0 aliphatic carbocycles. The highest BCUT2D eigenvalue weighted by Gasteiger charge is 2.14. The molecule has 156 valence electrons. The number of rotatable bonds is 9. The van der Waals surface area contributed by atoms with Crippen molar-refractivity contribution in [1.29, 1.82) is 0 Å². The molecule has 0 heterocycles. The van der Waals surface area contributed by atoms with E-state index < -0.39 is 0 Å². The van der Waals surface area contributed by atoms with Gasteiger partial charge in [-0.15, -0.1) is 0 Å². The van der Waals surface area contributed by atoms with E-state index in [4.69, 9.17) is 14.2 Å². The molecular weight excluding hydrogens is 378 g/mol. The predicted octanol–water partition coefficient (Wildman–Crippen LogP) is 5.16. The van der Waals surface area contributed by atoms with Crippen molar-refractivity contribution in [1.82, 2.24) is 5.32 Å². The first-order chi connectivity index (χ1) is 14.6. The zero-order valence-corrected chi connectivity index (χ0v) is 17.6. The first-order valence-electron chi connectivity index (χ1n) is 9.99. The molecule has 0 saturated heterocycles. The number of nitrogens with one attached hydrogen (secondary N) is 1. The van der Waals surface area contributed by atoms with E-state index in [9.17, 15) is 4.79 Å². The van der Waals surface area contributed by atoms with Gasteiger partial charge in [-0.1, -0.05) is 36.4 Å². The van der Waals surface area contributed by atoms with Crippen LogP contribution >= 0.6 is 0 Å². The number of methoxy groups -OCH3 is 1. The van der Waals surface area contributed by atoms with Crippen LogP contribution < -0.4 is 19.5 Å². The van der Waals surface area contributed by atoms with Crippen molar-refractivity contribution in [2.45, 2.75) is 26.5 Å². The Hall–Kier alpha value is -3.47. The minimum Gasteiger partial charge on any atom is -0.497 e. The lowest BCUT2D eigenvalue weighted by atomic mass is 10.1. The fourth-order valence-electron chi connectivity index (χ4n) is 3.09. The van der Waals surface area contributed by atoms with Crippen molar-refractivity contribution in [3.8, 4) is 17.2 Å². The second kappa shape index (κ2) is 10.3. The third-order valence-corrected chi connectivity index (χ3v) is 4.71. The number of carbonyl (C=O) groups excluding carboxylic acids is 1. The first kappa shape index (κ1) is 21.2. The van der Waals surface area contributed by atoms with Crippen molar-refractivity contribution in [3.05, 3.63) is 89.5 Å². The molecule has 3 aromatic carbocycles. The Labute approximate surface area is 177 Å². The summed E-state index contributed by atoms with van der Waals surface area (Å²) in [5.74, 6) is 1.97. The van der Waals surface area contributed by atoms with Crippen LogP contribution in [0, 0.1) is 0 Å². The van der Waals surface area contributed by atoms with Gasteiger partial charge in [0, 0.05) is 17.2 Å². The molecule has 0 aliphatic heterocycles. The summed E-state index contributed by atoms with van der Waals surface area (Å²) in [5, 5.41) is 3.04. The second-order valence-electron chi connectivity index (χ2n) is 6.83. The van der Waals surface area contributed by atoms with E-state index in [0.29, 0.717) is 23.7 Å². The SMILES string of the molecule is CCOc1ccc(C(=O)N[C@@H](C)c2ccccc2)cc1COc1cccc(OC)c1. The Morgan fingerprint density at radius 1 is 0.933 bits per heavy atom. The monoisotopic (exact) mass is 405 g/mol. The Morgan fingerprint density at radius 3 is 2.43 bits per heavy atom. The van der Waals surface area contributed by atoms with Crippen LogP contribution in [0.3, 0.4) is 0 Å². The minimum absolute atomic E-state index is 0.0956. The molecule has 1 N–H and O–H groups in total. The van der Waals surface area contributed by atoms with E-state index in [1.807, 2.05) is 80.6 Å². The van der Waals surface area contributed by atoms with E-state index in [1.165, 1.54) is 0 Å². The minimum atomic E-state index is -0.142. The van der Waals surface area contributed by atoms with Crippen LogP contribution in [-0.2, 0) is 6.61 Å². The molecule has 1 atom stereocenters. The molecular formula is C25H27NO4. The van der Waals surface area contributed by atoms with Gasteiger partial charge in [-0.05, 0) is 49.7 Å². The number of amides is 1. The summed E-state index contributed by atoms with van der Waals surface area (Å²) < 4.78 is 16.9. The molecule has 1 amide bonds. The molecule has 0 bridgehead atoms. The molecule has 3 rings (SSSR count). The van der Waals surface area contributed by atoms with Gasteiger partial charge in [0.25, 0.3) is 5.91 Å². The lowest BCUT2D eigenvalue weighted by Crippen LogP contribution is -2.26. The van der Waals surface area contributed by atoms with Crippen LogP contribution in [0.15, 0.2) is 72.8 Å². The van der Waals surface area contributed by atoms with Gasteiger partial charge >= 0.3 is 0 Å². The Kier molecular flexibility index (Phi) is 7.33. The topological polar surface area (TPSA) is 56.8 Å². The normalized spacial score (nSPS) is 11.4. The van der Waals surface area contributed by atoms with Crippen LogP contribution in [-0.4, -0.2) is 19.6 Å². The maximum atomic E-state index is 12.8. The summed E-state index contributed by atoms with van der Waals surface area (Å²) in [4.78, 5) is 12.8. The van der Waals surface area contributed by atoms with Crippen molar-refractivity contribution < 1.29 is 19.0 Å². The molecule has 3 aromatic rings. The summed E-state index contributed by atoms with van der Waals surface area (Å²) >= 11 is 0. The van der Waals surface area contributed by atoms with Crippen molar-refractivity contribution in [3.63, 3.8) is 0 Å². The van der Waals surface area contributed by atoms with Crippen molar-refractivity contribution >= 4 is 5.91 Å².